The van der Waals surface area contributed by atoms with E-state index < -0.39 is 29.4 Å². The van der Waals surface area contributed by atoms with Crippen molar-refractivity contribution < 1.29 is 24.6 Å². The van der Waals surface area contributed by atoms with E-state index in [0.29, 0.717) is 11.4 Å². The van der Waals surface area contributed by atoms with Crippen molar-refractivity contribution in [3.8, 4) is 0 Å². The van der Waals surface area contributed by atoms with Crippen LogP contribution in [0.2, 0.25) is 0 Å². The van der Waals surface area contributed by atoms with Crippen LogP contribution in [0.15, 0.2) is 35.3 Å². The van der Waals surface area contributed by atoms with Crippen LogP contribution in [0.4, 0.5) is 11.6 Å². The zero-order valence-electron chi connectivity index (χ0n) is 16.5. The molecule has 0 saturated carbocycles. The number of rotatable bonds is 9. The number of nitrogens with zero attached hydrogens (tertiary/aromatic N) is 3. The molecule has 0 radical (unpaired) electrons. The molecule has 0 aliphatic heterocycles. The SMILES string of the molecule is Nc1nc(=O)c2nc(CNc3ccc(C(=O)N[C@@H](CCC(=O)O)C(=O)O)cc3)cnc2[nH]1.[KH].[NaH]. The maximum absolute atomic E-state index is 12.3. The summed E-state index contributed by atoms with van der Waals surface area (Å²) in [5, 5.41) is 23.2. The number of aromatic amines is 1. The van der Waals surface area contributed by atoms with Crippen LogP contribution >= 0.6 is 0 Å². The summed E-state index contributed by atoms with van der Waals surface area (Å²) in [7, 11) is 0. The van der Waals surface area contributed by atoms with Crippen LogP contribution in [0.3, 0.4) is 0 Å². The van der Waals surface area contributed by atoms with E-state index in [1.54, 1.807) is 12.1 Å². The summed E-state index contributed by atoms with van der Waals surface area (Å²) in [6.45, 7) is 0.231. The van der Waals surface area contributed by atoms with Gasteiger partial charge in [0.2, 0.25) is 5.95 Å². The molecule has 0 saturated heterocycles. The molecule has 1 atom stereocenters. The molecule has 7 N–H and O–H groups in total. The average molecular weight is 506 g/mol. The van der Waals surface area contributed by atoms with Crippen molar-refractivity contribution >= 4 is 122 Å². The van der Waals surface area contributed by atoms with Crippen LogP contribution in [0.5, 0.6) is 0 Å². The van der Waals surface area contributed by atoms with Gasteiger partial charge >= 0.3 is 98.4 Å². The van der Waals surface area contributed by atoms with E-state index in [1.807, 2.05) is 0 Å². The molecule has 1 amide bonds. The van der Waals surface area contributed by atoms with E-state index in [-0.39, 0.29) is 123 Å². The molecular formula is C19H21KN7NaO6. The zero-order chi connectivity index (χ0) is 23.3. The first-order valence-corrected chi connectivity index (χ1v) is 9.33. The number of nitrogens with two attached hydrogens (primary N) is 1. The monoisotopic (exact) mass is 505 g/mol. The number of hydrogen-bond donors (Lipinski definition) is 6. The van der Waals surface area contributed by atoms with E-state index in [0.717, 1.165) is 0 Å². The van der Waals surface area contributed by atoms with E-state index in [9.17, 15) is 19.2 Å². The fourth-order valence-corrected chi connectivity index (χ4v) is 2.76. The first-order chi connectivity index (χ1) is 15.2. The molecule has 3 aromatic rings. The Bertz CT molecular complexity index is 1240. The molecule has 3 rings (SSSR count). The van der Waals surface area contributed by atoms with E-state index in [1.165, 1.54) is 18.3 Å². The Morgan fingerprint density at radius 3 is 2.41 bits per heavy atom. The van der Waals surface area contributed by atoms with Gasteiger partial charge < -0.3 is 31.6 Å². The van der Waals surface area contributed by atoms with Crippen LogP contribution in [0.1, 0.15) is 28.9 Å². The summed E-state index contributed by atoms with van der Waals surface area (Å²) >= 11 is 0. The summed E-state index contributed by atoms with van der Waals surface area (Å²) < 4.78 is 0. The topological polar surface area (TPSA) is 213 Å². The van der Waals surface area contributed by atoms with E-state index in [2.05, 4.69) is 30.6 Å². The quantitative estimate of drug-likeness (QED) is 0.187. The Kier molecular flexibility index (Phi) is 12.3. The second-order valence-corrected chi connectivity index (χ2v) is 6.71. The first-order valence-electron chi connectivity index (χ1n) is 9.33. The number of carbonyl (C=O) groups excluding carboxylic acids is 1. The van der Waals surface area contributed by atoms with E-state index in [4.69, 9.17) is 15.9 Å². The number of hydrogen-bond acceptors (Lipinski definition) is 9. The minimum atomic E-state index is -1.31. The minimum absolute atomic E-state index is 0. The average Bonchev–Trinajstić information content (AvgIpc) is 2.75. The van der Waals surface area contributed by atoms with Crippen molar-refractivity contribution in [3.63, 3.8) is 0 Å². The molecule has 0 fully saturated rings. The molecule has 15 heteroatoms. The van der Waals surface area contributed by atoms with Crippen LogP contribution in [0.25, 0.3) is 11.2 Å². The number of anilines is 2. The van der Waals surface area contributed by atoms with Crippen molar-refractivity contribution in [2.24, 2.45) is 0 Å². The number of carboxylic acids is 2. The van der Waals surface area contributed by atoms with Crippen LogP contribution in [-0.4, -0.2) is 135 Å². The first kappa shape index (κ1) is 30.1. The molecule has 34 heavy (non-hydrogen) atoms. The summed E-state index contributed by atoms with van der Waals surface area (Å²) in [4.78, 5) is 60.5. The number of carbonyl (C=O) groups is 3. The molecule has 170 valence electrons. The maximum atomic E-state index is 12.3. The Morgan fingerprint density at radius 2 is 1.79 bits per heavy atom. The number of H-pyrrole nitrogens is 1. The Hall–Kier alpha value is -1.91. The Morgan fingerprint density at radius 1 is 1.12 bits per heavy atom. The van der Waals surface area contributed by atoms with Gasteiger partial charge in [0, 0.05) is 17.7 Å². The normalized spacial score (nSPS) is 10.9. The number of nitrogen functional groups attached to an aromatic ring is 1. The molecule has 2 heterocycles. The summed E-state index contributed by atoms with van der Waals surface area (Å²) in [5.41, 5.74) is 6.47. The third-order valence-electron chi connectivity index (χ3n) is 4.36. The predicted octanol–water partition coefficient (Wildman–Crippen LogP) is -1.34. The van der Waals surface area contributed by atoms with Crippen molar-refractivity contribution in [2.45, 2.75) is 25.4 Å². The predicted molar refractivity (Wildman–Crippen MR) is 126 cm³/mol. The fraction of sp³-hybridized carbons (Fsp3) is 0.211. The zero-order valence-corrected chi connectivity index (χ0v) is 16.5. The summed E-state index contributed by atoms with van der Waals surface area (Å²) in [6.07, 6.45) is 0.858. The van der Waals surface area contributed by atoms with Gasteiger partial charge in [0.1, 0.15) is 6.04 Å². The number of amides is 1. The molecule has 13 nitrogen and oxygen atoms in total. The van der Waals surface area contributed by atoms with Gasteiger partial charge in [-0.05, 0) is 30.7 Å². The van der Waals surface area contributed by atoms with Gasteiger partial charge in [0.15, 0.2) is 11.2 Å². The Labute approximate surface area is 257 Å². The number of benzene rings is 1. The molecule has 2 aromatic heterocycles. The third kappa shape index (κ3) is 8.39. The van der Waals surface area contributed by atoms with Crippen molar-refractivity contribution in [3.05, 3.63) is 52.1 Å². The van der Waals surface area contributed by atoms with Gasteiger partial charge in [-0.2, -0.15) is 4.98 Å². The summed E-state index contributed by atoms with van der Waals surface area (Å²) in [5.74, 6) is -3.16. The van der Waals surface area contributed by atoms with Crippen molar-refractivity contribution in [2.75, 3.05) is 11.1 Å². The molecule has 0 bridgehead atoms. The van der Waals surface area contributed by atoms with Gasteiger partial charge in [-0.25, -0.2) is 14.8 Å². The van der Waals surface area contributed by atoms with E-state index >= 15 is 0 Å². The molecule has 1 aromatic carbocycles. The van der Waals surface area contributed by atoms with Crippen molar-refractivity contribution in [1.82, 2.24) is 25.3 Å². The standard InChI is InChI=1S/C19H19N7O6.K.Na.2H/c20-19-25-15-14(17(30)26-19)23-11(8-22-15)7-21-10-3-1-9(2-4-10)16(29)24-12(18(31)32)5-6-13(27)28;;;;/h1-4,8,12,21H,5-7H2,(H,24,29)(H,27,28)(H,31,32)(H3,20,22,25,26,30);;;;/t12-;;;;/m0..../s1. The number of aromatic nitrogens is 4. The number of carboxylic acid groups (broad SMARTS) is 2. The van der Waals surface area contributed by atoms with Gasteiger partial charge in [0.05, 0.1) is 18.4 Å². The second kappa shape index (κ2) is 13.8. The van der Waals surface area contributed by atoms with Gasteiger partial charge in [-0.1, -0.05) is 0 Å². The molecule has 0 spiro atoms. The fourth-order valence-electron chi connectivity index (χ4n) is 2.76. The van der Waals surface area contributed by atoms with Crippen molar-refractivity contribution in [1.29, 1.82) is 0 Å². The summed E-state index contributed by atoms with van der Waals surface area (Å²) in [6, 6.07) is 4.86. The molecule has 0 unspecified atom stereocenters. The van der Waals surface area contributed by atoms with Crippen LogP contribution in [0, 0.1) is 0 Å². The van der Waals surface area contributed by atoms with Crippen LogP contribution < -0.4 is 21.9 Å². The third-order valence-corrected chi connectivity index (χ3v) is 4.36. The molecule has 0 aliphatic carbocycles. The number of fused-ring (bicyclic) bond motifs is 1. The van der Waals surface area contributed by atoms with Gasteiger partial charge in [-0.3, -0.25) is 14.4 Å². The Balaban J connectivity index is 0.00000289. The molecule has 0 aliphatic rings. The number of nitrogens with one attached hydrogen (secondary N) is 3. The van der Waals surface area contributed by atoms with Gasteiger partial charge in [0.25, 0.3) is 5.91 Å². The van der Waals surface area contributed by atoms with Crippen LogP contribution in [-0.2, 0) is 16.1 Å². The van der Waals surface area contributed by atoms with Gasteiger partial charge in [-0.15, -0.1) is 0 Å². The second-order valence-electron chi connectivity index (χ2n) is 6.71. The number of aliphatic carboxylic acids is 2. The molecular weight excluding hydrogens is 484 g/mol.